The van der Waals surface area contributed by atoms with Crippen LogP contribution in [0.3, 0.4) is 0 Å². The van der Waals surface area contributed by atoms with Gasteiger partial charge in [0.15, 0.2) is 0 Å². The number of nitrogens with zero attached hydrogens (tertiary/aromatic N) is 3. The van der Waals surface area contributed by atoms with Crippen molar-refractivity contribution in [2.75, 3.05) is 38.0 Å². The molecular weight excluding hydrogens is 262 g/mol. The fourth-order valence-electron chi connectivity index (χ4n) is 2.22. The first-order chi connectivity index (χ1) is 9.22. The Morgan fingerprint density at radius 3 is 3.00 bits per heavy atom. The van der Waals surface area contributed by atoms with Crippen LogP contribution in [0.5, 0.6) is 0 Å². The molecule has 0 bridgehead atoms. The summed E-state index contributed by atoms with van der Waals surface area (Å²) >= 11 is 1.30. The highest BCUT2D eigenvalue weighted by atomic mass is 32.1. The smallest absolute Gasteiger partial charge is 0.282 e. The summed E-state index contributed by atoms with van der Waals surface area (Å²) in [6, 6.07) is 0. The lowest BCUT2D eigenvalue weighted by molar-refractivity contribution is 0.0946. The predicted molar refractivity (Wildman–Crippen MR) is 76.6 cm³/mol. The lowest BCUT2D eigenvalue weighted by Gasteiger charge is -2.13. The minimum atomic E-state index is -0.114. The third-order valence-electron chi connectivity index (χ3n) is 3.32. The van der Waals surface area contributed by atoms with Crippen LogP contribution in [0.1, 0.15) is 30.1 Å². The summed E-state index contributed by atoms with van der Waals surface area (Å²) < 4.78 is 0. The Morgan fingerprint density at radius 2 is 2.32 bits per heavy atom. The van der Waals surface area contributed by atoms with Gasteiger partial charge in [0.25, 0.3) is 5.91 Å². The average molecular weight is 283 g/mol. The molecule has 6 nitrogen and oxygen atoms in total. The van der Waals surface area contributed by atoms with Crippen LogP contribution < -0.4 is 10.6 Å². The molecule has 0 radical (unpaired) electrons. The van der Waals surface area contributed by atoms with Gasteiger partial charge in [-0.2, -0.15) is 0 Å². The molecule has 19 heavy (non-hydrogen) atoms. The van der Waals surface area contributed by atoms with Gasteiger partial charge in [-0.25, -0.2) is 0 Å². The zero-order valence-corrected chi connectivity index (χ0v) is 12.3. The van der Waals surface area contributed by atoms with Crippen LogP contribution in [0.2, 0.25) is 0 Å². The molecule has 1 aliphatic heterocycles. The fourth-order valence-corrected chi connectivity index (χ4v) is 2.94. The lowest BCUT2D eigenvalue weighted by atomic mass is 10.1. The number of aromatic nitrogens is 2. The van der Waals surface area contributed by atoms with Crippen molar-refractivity contribution >= 4 is 22.4 Å². The second kappa shape index (κ2) is 6.81. The molecule has 7 heteroatoms. The normalized spacial score (nSPS) is 19.6. The summed E-state index contributed by atoms with van der Waals surface area (Å²) in [5.74, 6) is 0.446. The highest BCUT2D eigenvalue weighted by Crippen LogP contribution is 2.16. The number of nitrogens with one attached hydrogen (secondary N) is 2. The Balaban J connectivity index is 1.77. The molecule has 2 heterocycles. The van der Waals surface area contributed by atoms with Gasteiger partial charge in [-0.1, -0.05) is 18.3 Å². The summed E-state index contributed by atoms with van der Waals surface area (Å²) in [6.07, 6.45) is 1.16. The van der Waals surface area contributed by atoms with Crippen molar-refractivity contribution in [1.82, 2.24) is 20.4 Å². The monoisotopic (exact) mass is 283 g/mol. The fraction of sp³-hybridized carbons (Fsp3) is 0.750. The number of rotatable bonds is 6. The minimum absolute atomic E-state index is 0.114. The predicted octanol–water partition coefficient (Wildman–Crippen LogP) is 1.04. The van der Waals surface area contributed by atoms with E-state index in [1.165, 1.54) is 11.3 Å². The van der Waals surface area contributed by atoms with Gasteiger partial charge in [0, 0.05) is 19.6 Å². The first-order valence-electron chi connectivity index (χ1n) is 6.80. The largest absolute Gasteiger partial charge is 0.360 e. The van der Waals surface area contributed by atoms with Gasteiger partial charge < -0.3 is 15.5 Å². The molecule has 1 aromatic rings. The Hall–Kier alpha value is -1.21. The number of amides is 1. The number of hydrogen-bond acceptors (Lipinski definition) is 6. The van der Waals surface area contributed by atoms with Crippen LogP contribution in [0.4, 0.5) is 5.13 Å². The SMILES string of the molecule is CCNc1nnc(C(=O)NCC2CCN(CC)C2)s1. The van der Waals surface area contributed by atoms with Gasteiger partial charge in [0.05, 0.1) is 0 Å². The quantitative estimate of drug-likeness (QED) is 0.816. The summed E-state index contributed by atoms with van der Waals surface area (Å²) in [6.45, 7) is 8.98. The number of carbonyl (C=O) groups is 1. The molecule has 1 atom stereocenters. The van der Waals surface area contributed by atoms with Crippen molar-refractivity contribution in [3.63, 3.8) is 0 Å². The summed E-state index contributed by atoms with van der Waals surface area (Å²) in [5, 5.41) is 15.0. The number of anilines is 1. The third kappa shape index (κ3) is 3.87. The topological polar surface area (TPSA) is 70.1 Å². The molecule has 0 spiro atoms. The van der Waals surface area contributed by atoms with E-state index >= 15 is 0 Å². The molecule has 106 valence electrons. The third-order valence-corrected chi connectivity index (χ3v) is 4.20. The van der Waals surface area contributed by atoms with E-state index in [0.29, 0.717) is 16.1 Å². The zero-order chi connectivity index (χ0) is 13.7. The van der Waals surface area contributed by atoms with E-state index < -0.39 is 0 Å². The van der Waals surface area contributed by atoms with Crippen LogP contribution in [0.15, 0.2) is 0 Å². The van der Waals surface area contributed by atoms with Crippen molar-refractivity contribution in [3.05, 3.63) is 5.01 Å². The van der Waals surface area contributed by atoms with Crippen LogP contribution in [-0.2, 0) is 0 Å². The van der Waals surface area contributed by atoms with Crippen LogP contribution in [0.25, 0.3) is 0 Å². The van der Waals surface area contributed by atoms with Crippen molar-refractivity contribution in [1.29, 1.82) is 0 Å². The van der Waals surface area contributed by atoms with E-state index in [2.05, 4.69) is 32.7 Å². The molecule has 1 fully saturated rings. The highest BCUT2D eigenvalue weighted by Gasteiger charge is 2.22. The van der Waals surface area contributed by atoms with Crippen LogP contribution >= 0.6 is 11.3 Å². The standard InChI is InChI=1S/C12H21N5OS/c1-3-13-12-16-15-11(19-12)10(18)14-7-9-5-6-17(4-2)8-9/h9H,3-8H2,1-2H3,(H,13,16)(H,14,18). The lowest BCUT2D eigenvalue weighted by Crippen LogP contribution is -2.30. The molecule has 1 unspecified atom stereocenters. The van der Waals surface area contributed by atoms with Crippen molar-refractivity contribution in [2.24, 2.45) is 5.92 Å². The van der Waals surface area contributed by atoms with E-state index in [1.54, 1.807) is 0 Å². The molecule has 0 aliphatic carbocycles. The maximum atomic E-state index is 11.9. The number of likely N-dealkylation sites (tertiary alicyclic amines) is 1. The van der Waals surface area contributed by atoms with Crippen molar-refractivity contribution < 1.29 is 4.79 Å². The molecule has 1 saturated heterocycles. The maximum Gasteiger partial charge on any atom is 0.282 e. The molecule has 2 rings (SSSR count). The van der Waals surface area contributed by atoms with Gasteiger partial charge >= 0.3 is 0 Å². The van der Waals surface area contributed by atoms with E-state index in [-0.39, 0.29) is 5.91 Å². The molecule has 1 aliphatic rings. The Morgan fingerprint density at radius 1 is 1.47 bits per heavy atom. The average Bonchev–Trinajstić information content (AvgIpc) is 3.05. The molecule has 1 amide bonds. The van der Waals surface area contributed by atoms with E-state index in [4.69, 9.17) is 0 Å². The first-order valence-corrected chi connectivity index (χ1v) is 7.62. The summed E-state index contributed by atoms with van der Waals surface area (Å²) in [5.41, 5.74) is 0. The van der Waals surface area contributed by atoms with Crippen molar-refractivity contribution in [2.45, 2.75) is 20.3 Å². The number of hydrogen-bond donors (Lipinski definition) is 2. The minimum Gasteiger partial charge on any atom is -0.360 e. The van der Waals surface area contributed by atoms with Gasteiger partial charge in [-0.15, -0.1) is 10.2 Å². The van der Waals surface area contributed by atoms with Crippen LogP contribution in [0, 0.1) is 5.92 Å². The Kier molecular flexibility index (Phi) is 5.09. The van der Waals surface area contributed by atoms with Crippen LogP contribution in [-0.4, -0.2) is 53.7 Å². The number of carbonyl (C=O) groups excluding carboxylic acids is 1. The second-order valence-electron chi connectivity index (χ2n) is 4.70. The molecular formula is C12H21N5OS. The molecule has 0 saturated carbocycles. The molecule has 0 aromatic carbocycles. The maximum absolute atomic E-state index is 11.9. The first kappa shape index (κ1) is 14.2. The summed E-state index contributed by atoms with van der Waals surface area (Å²) in [7, 11) is 0. The van der Waals surface area contributed by atoms with E-state index in [1.807, 2.05) is 6.92 Å². The highest BCUT2D eigenvalue weighted by molar-refractivity contribution is 7.17. The summed E-state index contributed by atoms with van der Waals surface area (Å²) in [4.78, 5) is 14.3. The van der Waals surface area contributed by atoms with Gasteiger partial charge in [0.2, 0.25) is 10.1 Å². The van der Waals surface area contributed by atoms with Gasteiger partial charge in [-0.05, 0) is 32.4 Å². The Labute approximate surface area is 117 Å². The zero-order valence-electron chi connectivity index (χ0n) is 11.5. The van der Waals surface area contributed by atoms with Gasteiger partial charge in [0.1, 0.15) is 0 Å². The van der Waals surface area contributed by atoms with E-state index in [0.717, 1.165) is 39.1 Å². The Bertz CT molecular complexity index is 422. The van der Waals surface area contributed by atoms with Gasteiger partial charge in [-0.3, -0.25) is 4.79 Å². The van der Waals surface area contributed by atoms with E-state index in [9.17, 15) is 4.79 Å². The van der Waals surface area contributed by atoms with Crippen molar-refractivity contribution in [3.8, 4) is 0 Å². The molecule has 1 aromatic heterocycles. The second-order valence-corrected chi connectivity index (χ2v) is 5.68. The molecule has 2 N–H and O–H groups in total.